The summed E-state index contributed by atoms with van der Waals surface area (Å²) in [5.74, 6) is -0.404. The molecule has 0 heterocycles. The van der Waals surface area contributed by atoms with Gasteiger partial charge in [-0.1, -0.05) is 23.7 Å². The van der Waals surface area contributed by atoms with Crippen LogP contribution in [-0.2, 0) is 15.2 Å². The first-order valence-electron chi connectivity index (χ1n) is 6.31. The van der Waals surface area contributed by atoms with Gasteiger partial charge in [0.25, 0.3) is 0 Å². The summed E-state index contributed by atoms with van der Waals surface area (Å²) in [5.41, 5.74) is -0.502. The molecule has 6 heteroatoms. The molecule has 0 aliphatic carbocycles. The lowest BCUT2D eigenvalue weighted by Crippen LogP contribution is -2.39. The molecule has 0 saturated carbocycles. The Balaban J connectivity index is 2.44. The van der Waals surface area contributed by atoms with Crippen LogP contribution >= 0.6 is 11.6 Å². The quantitative estimate of drug-likeness (QED) is 0.738. The van der Waals surface area contributed by atoms with Crippen molar-refractivity contribution in [1.29, 1.82) is 0 Å². The Labute approximate surface area is 123 Å². The molecule has 0 aliphatic rings. The van der Waals surface area contributed by atoms with Gasteiger partial charge in [-0.3, -0.25) is 9.59 Å². The Bertz CT molecular complexity index is 472. The van der Waals surface area contributed by atoms with Crippen molar-refractivity contribution in [3.8, 4) is 0 Å². The van der Waals surface area contributed by atoms with E-state index >= 15 is 0 Å². The van der Waals surface area contributed by atoms with E-state index in [0.717, 1.165) is 0 Å². The number of carbonyl (C=O) groups is 2. The van der Waals surface area contributed by atoms with Crippen molar-refractivity contribution < 1.29 is 14.7 Å². The number of amides is 2. The third kappa shape index (κ3) is 5.59. The second-order valence-corrected chi connectivity index (χ2v) is 5.23. The number of carbonyl (C=O) groups excluding carboxylic acids is 2. The van der Waals surface area contributed by atoms with Crippen molar-refractivity contribution in [3.05, 3.63) is 34.9 Å². The van der Waals surface area contributed by atoms with Gasteiger partial charge in [-0.25, -0.2) is 0 Å². The van der Waals surface area contributed by atoms with E-state index in [4.69, 9.17) is 11.6 Å². The normalized spacial score (nSPS) is 13.4. The molecule has 3 N–H and O–H groups in total. The standard InChI is InChI=1S/C14H19ClN2O3/c1-10(18)16-8-7-13(19)17-9-14(2,20)11-3-5-12(15)6-4-11/h3-6,20H,7-9H2,1-2H3,(H,16,18)(H,17,19). The first-order valence-corrected chi connectivity index (χ1v) is 6.68. The van der Waals surface area contributed by atoms with Gasteiger partial charge in [-0.05, 0) is 24.6 Å². The summed E-state index contributed by atoms with van der Waals surface area (Å²) in [6, 6.07) is 6.80. The molecule has 0 radical (unpaired) electrons. The van der Waals surface area contributed by atoms with Crippen LogP contribution in [0.15, 0.2) is 24.3 Å². The highest BCUT2D eigenvalue weighted by atomic mass is 35.5. The molecule has 1 atom stereocenters. The van der Waals surface area contributed by atoms with Gasteiger partial charge in [0.2, 0.25) is 11.8 Å². The smallest absolute Gasteiger partial charge is 0.221 e. The second-order valence-electron chi connectivity index (χ2n) is 4.79. The lowest BCUT2D eigenvalue weighted by molar-refractivity contribution is -0.122. The van der Waals surface area contributed by atoms with Crippen LogP contribution in [-0.4, -0.2) is 30.0 Å². The molecular formula is C14H19ClN2O3. The van der Waals surface area contributed by atoms with Crippen molar-refractivity contribution in [2.24, 2.45) is 0 Å². The predicted octanol–water partition coefficient (Wildman–Crippen LogP) is 1.19. The third-order valence-electron chi connectivity index (χ3n) is 2.82. The lowest BCUT2D eigenvalue weighted by atomic mass is 9.96. The number of benzene rings is 1. The van der Waals surface area contributed by atoms with Crippen LogP contribution in [0.4, 0.5) is 0 Å². The Morgan fingerprint density at radius 3 is 2.40 bits per heavy atom. The van der Waals surface area contributed by atoms with E-state index in [1.807, 2.05) is 0 Å². The van der Waals surface area contributed by atoms with Gasteiger partial charge in [-0.15, -0.1) is 0 Å². The largest absolute Gasteiger partial charge is 0.384 e. The first-order chi connectivity index (χ1) is 9.31. The average Bonchev–Trinajstić information content (AvgIpc) is 2.36. The van der Waals surface area contributed by atoms with Gasteiger partial charge < -0.3 is 15.7 Å². The van der Waals surface area contributed by atoms with E-state index in [2.05, 4.69) is 10.6 Å². The highest BCUT2D eigenvalue weighted by molar-refractivity contribution is 6.30. The monoisotopic (exact) mass is 298 g/mol. The fraction of sp³-hybridized carbons (Fsp3) is 0.429. The average molecular weight is 299 g/mol. The van der Waals surface area contributed by atoms with Gasteiger partial charge in [0, 0.05) is 24.9 Å². The second kappa shape index (κ2) is 7.26. The number of hydrogen-bond acceptors (Lipinski definition) is 3. The van der Waals surface area contributed by atoms with E-state index < -0.39 is 5.60 Å². The van der Waals surface area contributed by atoms with Crippen LogP contribution in [0.3, 0.4) is 0 Å². The van der Waals surface area contributed by atoms with Crippen LogP contribution < -0.4 is 10.6 Å². The van der Waals surface area contributed by atoms with E-state index in [-0.39, 0.29) is 31.3 Å². The third-order valence-corrected chi connectivity index (χ3v) is 3.07. The summed E-state index contributed by atoms with van der Waals surface area (Å²) < 4.78 is 0. The van der Waals surface area contributed by atoms with Crippen molar-refractivity contribution in [2.75, 3.05) is 13.1 Å². The molecule has 0 spiro atoms. The van der Waals surface area contributed by atoms with Crippen molar-refractivity contribution in [2.45, 2.75) is 25.9 Å². The minimum atomic E-state index is -1.17. The molecule has 0 fully saturated rings. The summed E-state index contributed by atoms with van der Waals surface area (Å²) in [7, 11) is 0. The summed E-state index contributed by atoms with van der Waals surface area (Å²) in [4.78, 5) is 22.2. The molecule has 2 amide bonds. The maximum absolute atomic E-state index is 11.6. The van der Waals surface area contributed by atoms with Gasteiger partial charge in [0.05, 0.1) is 6.54 Å². The SMILES string of the molecule is CC(=O)NCCC(=O)NCC(C)(O)c1ccc(Cl)cc1. The van der Waals surface area contributed by atoms with Crippen LogP contribution in [0.5, 0.6) is 0 Å². The molecule has 0 aromatic heterocycles. The summed E-state index contributed by atoms with van der Waals surface area (Å²) in [6.07, 6.45) is 0.177. The summed E-state index contributed by atoms with van der Waals surface area (Å²) in [6.45, 7) is 3.38. The van der Waals surface area contributed by atoms with Gasteiger partial charge in [0.15, 0.2) is 0 Å². The van der Waals surface area contributed by atoms with Crippen molar-refractivity contribution in [3.63, 3.8) is 0 Å². The highest BCUT2D eigenvalue weighted by Gasteiger charge is 2.23. The van der Waals surface area contributed by atoms with Gasteiger partial charge in [-0.2, -0.15) is 0 Å². The predicted molar refractivity (Wildman–Crippen MR) is 77.3 cm³/mol. The number of rotatable bonds is 6. The first kappa shape index (κ1) is 16.5. The Hall–Kier alpha value is -1.59. The molecule has 0 saturated heterocycles. The molecule has 110 valence electrons. The Morgan fingerprint density at radius 1 is 1.25 bits per heavy atom. The van der Waals surface area contributed by atoms with Crippen LogP contribution in [0.2, 0.25) is 5.02 Å². The Morgan fingerprint density at radius 2 is 1.85 bits per heavy atom. The van der Waals surface area contributed by atoms with E-state index in [0.29, 0.717) is 10.6 Å². The zero-order chi connectivity index (χ0) is 15.2. The molecular weight excluding hydrogens is 280 g/mol. The zero-order valence-electron chi connectivity index (χ0n) is 11.6. The molecule has 20 heavy (non-hydrogen) atoms. The van der Waals surface area contributed by atoms with Crippen LogP contribution in [0, 0.1) is 0 Å². The van der Waals surface area contributed by atoms with Crippen molar-refractivity contribution in [1.82, 2.24) is 10.6 Å². The van der Waals surface area contributed by atoms with E-state index in [1.54, 1.807) is 31.2 Å². The fourth-order valence-corrected chi connectivity index (χ4v) is 1.75. The lowest BCUT2D eigenvalue weighted by Gasteiger charge is -2.24. The topological polar surface area (TPSA) is 78.4 Å². The van der Waals surface area contributed by atoms with E-state index in [9.17, 15) is 14.7 Å². The molecule has 1 rings (SSSR count). The fourth-order valence-electron chi connectivity index (χ4n) is 1.62. The van der Waals surface area contributed by atoms with Crippen LogP contribution in [0.1, 0.15) is 25.8 Å². The van der Waals surface area contributed by atoms with Crippen LogP contribution in [0.25, 0.3) is 0 Å². The molecule has 1 unspecified atom stereocenters. The molecule has 1 aromatic rings. The molecule has 5 nitrogen and oxygen atoms in total. The minimum Gasteiger partial charge on any atom is -0.384 e. The maximum Gasteiger partial charge on any atom is 0.221 e. The number of halogens is 1. The maximum atomic E-state index is 11.6. The van der Waals surface area contributed by atoms with E-state index in [1.165, 1.54) is 6.92 Å². The summed E-state index contributed by atoms with van der Waals surface area (Å²) >= 11 is 5.79. The van der Waals surface area contributed by atoms with Gasteiger partial charge >= 0.3 is 0 Å². The highest BCUT2D eigenvalue weighted by Crippen LogP contribution is 2.21. The molecule has 0 bridgehead atoms. The molecule has 0 aliphatic heterocycles. The van der Waals surface area contributed by atoms with Crippen molar-refractivity contribution >= 4 is 23.4 Å². The minimum absolute atomic E-state index is 0.0908. The number of nitrogens with one attached hydrogen (secondary N) is 2. The molecule has 1 aromatic carbocycles. The zero-order valence-corrected chi connectivity index (χ0v) is 12.3. The summed E-state index contributed by atoms with van der Waals surface area (Å²) in [5, 5.41) is 16.1. The van der Waals surface area contributed by atoms with Gasteiger partial charge in [0.1, 0.15) is 5.60 Å². The number of hydrogen-bond donors (Lipinski definition) is 3. The Kier molecular flexibility index (Phi) is 5.98. The number of aliphatic hydroxyl groups is 1.